The predicted molar refractivity (Wildman–Crippen MR) is 96.3 cm³/mol. The maximum Gasteiger partial charge on any atom is 0.226 e. The highest BCUT2D eigenvalue weighted by molar-refractivity contribution is 7.03. The molecule has 2 amide bonds. The van der Waals surface area contributed by atoms with Crippen molar-refractivity contribution in [3.8, 4) is 0 Å². The monoisotopic (exact) mass is 377 g/mol. The van der Waals surface area contributed by atoms with Crippen molar-refractivity contribution in [3.63, 3.8) is 0 Å². The molecular formula is C17H23N5O3S. The highest BCUT2D eigenvalue weighted by Gasteiger charge is 2.46. The molecule has 1 aliphatic rings. The number of aromatic nitrogens is 3. The van der Waals surface area contributed by atoms with E-state index < -0.39 is 12.0 Å². The lowest BCUT2D eigenvalue weighted by Gasteiger charge is -2.27. The Morgan fingerprint density at radius 1 is 1.54 bits per heavy atom. The van der Waals surface area contributed by atoms with Crippen LogP contribution in [0, 0.1) is 5.92 Å². The minimum absolute atomic E-state index is 0.0555. The predicted octanol–water partition coefficient (Wildman–Crippen LogP) is 1.29. The summed E-state index contributed by atoms with van der Waals surface area (Å²) in [6, 6.07) is -0.558. The Hall–Kier alpha value is -2.26. The third-order valence-corrected chi connectivity index (χ3v) is 5.34. The maximum absolute atomic E-state index is 13.0. The number of methoxy groups -OCH3 is 1. The van der Waals surface area contributed by atoms with Gasteiger partial charge in [0, 0.05) is 56.7 Å². The zero-order valence-corrected chi connectivity index (χ0v) is 15.9. The van der Waals surface area contributed by atoms with E-state index in [-0.39, 0.29) is 24.3 Å². The van der Waals surface area contributed by atoms with E-state index in [0.29, 0.717) is 19.0 Å². The molecule has 3 atom stereocenters. The van der Waals surface area contributed by atoms with Gasteiger partial charge in [-0.2, -0.15) is 0 Å². The van der Waals surface area contributed by atoms with E-state index in [0.717, 1.165) is 5.56 Å². The largest absolute Gasteiger partial charge is 0.383 e. The number of ether oxygens (including phenoxy) is 1. The van der Waals surface area contributed by atoms with Crippen molar-refractivity contribution in [2.24, 2.45) is 13.0 Å². The number of hydrogen-bond acceptors (Lipinski definition) is 6. The van der Waals surface area contributed by atoms with Crippen molar-refractivity contribution >= 4 is 23.3 Å². The number of hydrogen-bond donors (Lipinski definition) is 1. The zero-order valence-electron chi connectivity index (χ0n) is 15.1. The smallest absolute Gasteiger partial charge is 0.226 e. The molecule has 0 spiro atoms. The van der Waals surface area contributed by atoms with E-state index in [1.807, 2.05) is 30.1 Å². The third kappa shape index (κ3) is 3.63. The van der Waals surface area contributed by atoms with Crippen molar-refractivity contribution in [2.45, 2.75) is 25.4 Å². The zero-order chi connectivity index (χ0) is 18.7. The molecule has 1 N–H and O–H groups in total. The summed E-state index contributed by atoms with van der Waals surface area (Å²) < 4.78 is 11.1. The van der Waals surface area contributed by atoms with Crippen LogP contribution in [0.1, 0.15) is 36.8 Å². The number of amides is 2. The first-order valence-corrected chi connectivity index (χ1v) is 9.31. The van der Waals surface area contributed by atoms with Gasteiger partial charge in [0.05, 0.1) is 18.6 Å². The van der Waals surface area contributed by atoms with Crippen LogP contribution in [0.2, 0.25) is 0 Å². The van der Waals surface area contributed by atoms with Crippen molar-refractivity contribution < 1.29 is 14.3 Å². The average molecular weight is 377 g/mol. The van der Waals surface area contributed by atoms with E-state index >= 15 is 0 Å². The molecule has 0 radical (unpaired) electrons. The summed E-state index contributed by atoms with van der Waals surface area (Å²) in [5, 5.41) is 4.92. The summed E-state index contributed by atoms with van der Waals surface area (Å²) >= 11 is 1.35. The number of rotatable bonds is 7. The van der Waals surface area contributed by atoms with E-state index in [9.17, 15) is 9.59 Å². The molecule has 0 bridgehead atoms. The van der Waals surface area contributed by atoms with Crippen LogP contribution in [0.15, 0.2) is 24.0 Å². The number of carbonyl (C=O) groups excluding carboxylic acids is 2. The van der Waals surface area contributed by atoms with Gasteiger partial charge in [-0.1, -0.05) is 0 Å². The average Bonchev–Trinajstić information content (AvgIpc) is 3.33. The molecule has 1 aliphatic heterocycles. The fourth-order valence-corrected chi connectivity index (χ4v) is 3.92. The summed E-state index contributed by atoms with van der Waals surface area (Å²) in [5.74, 6) is 0.0106. The lowest BCUT2D eigenvalue weighted by molar-refractivity contribution is -0.130. The summed E-state index contributed by atoms with van der Waals surface area (Å²) in [5.41, 5.74) is 0.956. The molecule has 0 saturated carbocycles. The van der Waals surface area contributed by atoms with Crippen LogP contribution in [-0.2, 0) is 21.4 Å². The van der Waals surface area contributed by atoms with Gasteiger partial charge in [0.2, 0.25) is 11.8 Å². The number of nitrogens with zero attached hydrogens (tertiary/aromatic N) is 4. The van der Waals surface area contributed by atoms with Crippen molar-refractivity contribution in [1.82, 2.24) is 24.1 Å². The quantitative estimate of drug-likeness (QED) is 0.785. The van der Waals surface area contributed by atoms with Crippen LogP contribution >= 0.6 is 11.5 Å². The van der Waals surface area contributed by atoms with E-state index in [1.165, 1.54) is 11.5 Å². The molecule has 140 valence electrons. The first-order chi connectivity index (χ1) is 12.5. The van der Waals surface area contributed by atoms with Gasteiger partial charge in [-0.25, -0.2) is 9.36 Å². The van der Waals surface area contributed by atoms with Crippen LogP contribution in [0.3, 0.4) is 0 Å². The van der Waals surface area contributed by atoms with E-state index in [4.69, 9.17) is 4.74 Å². The normalized spacial score (nSPS) is 21.2. The summed E-state index contributed by atoms with van der Waals surface area (Å²) in [4.78, 5) is 31.6. The molecule has 1 unspecified atom stereocenters. The van der Waals surface area contributed by atoms with Crippen LogP contribution < -0.4 is 5.32 Å². The minimum atomic E-state index is -0.491. The van der Waals surface area contributed by atoms with Crippen LogP contribution in [-0.4, -0.2) is 50.9 Å². The fourth-order valence-electron chi connectivity index (χ4n) is 3.29. The molecule has 8 nitrogen and oxygen atoms in total. The molecule has 3 rings (SSSR count). The molecule has 2 aromatic heterocycles. The van der Waals surface area contributed by atoms with Crippen molar-refractivity contribution in [2.75, 3.05) is 20.3 Å². The summed E-state index contributed by atoms with van der Waals surface area (Å²) in [6.45, 7) is 2.76. The Balaban J connectivity index is 1.82. The number of nitrogens with one attached hydrogen (secondary N) is 1. The molecule has 3 heterocycles. The van der Waals surface area contributed by atoms with Gasteiger partial charge in [0.1, 0.15) is 11.9 Å². The van der Waals surface area contributed by atoms with Gasteiger partial charge in [-0.15, -0.1) is 0 Å². The Kier molecular flexibility index (Phi) is 5.67. The molecule has 0 aromatic carbocycles. The topological polar surface area (TPSA) is 89.3 Å². The Morgan fingerprint density at radius 2 is 2.35 bits per heavy atom. The van der Waals surface area contributed by atoms with E-state index in [1.54, 1.807) is 24.4 Å². The van der Waals surface area contributed by atoms with Crippen molar-refractivity contribution in [3.05, 3.63) is 35.4 Å². The SMILES string of the molecule is COCCN1C(=O)C[C@H](C(=O)NC(C)c2cnsc2)[C@H]1c1nccn1C. The number of carbonyl (C=O) groups is 2. The molecule has 9 heteroatoms. The molecule has 26 heavy (non-hydrogen) atoms. The highest BCUT2D eigenvalue weighted by Crippen LogP contribution is 2.37. The second-order valence-corrected chi connectivity index (χ2v) is 7.08. The lowest BCUT2D eigenvalue weighted by atomic mass is 9.97. The Labute approximate surface area is 156 Å². The Morgan fingerprint density at radius 3 is 2.96 bits per heavy atom. The first-order valence-electron chi connectivity index (χ1n) is 8.48. The second-order valence-electron chi connectivity index (χ2n) is 6.42. The number of aryl methyl sites for hydroxylation is 1. The molecule has 0 aliphatic carbocycles. The van der Waals surface area contributed by atoms with Crippen LogP contribution in [0.25, 0.3) is 0 Å². The maximum atomic E-state index is 13.0. The standard InChI is InChI=1S/C17H23N5O3S/c1-11(12-9-19-26-10-12)20-17(24)13-8-14(23)22(6-7-25-3)15(13)16-18-4-5-21(16)2/h4-5,9-11,13,15H,6-8H2,1-3H3,(H,20,24)/t11?,13-,15-/m0/s1. The molecule has 1 saturated heterocycles. The number of imidazole rings is 1. The first kappa shape index (κ1) is 18.5. The molecule has 1 fully saturated rings. The van der Waals surface area contributed by atoms with Crippen LogP contribution in [0.5, 0.6) is 0 Å². The number of likely N-dealkylation sites (tertiary alicyclic amines) is 1. The molecule has 2 aromatic rings. The van der Waals surface area contributed by atoms with Crippen molar-refractivity contribution in [1.29, 1.82) is 0 Å². The summed E-state index contributed by atoms with van der Waals surface area (Å²) in [6.07, 6.45) is 5.42. The minimum Gasteiger partial charge on any atom is -0.383 e. The fraction of sp³-hybridized carbons (Fsp3) is 0.529. The third-order valence-electron chi connectivity index (χ3n) is 4.74. The summed E-state index contributed by atoms with van der Waals surface area (Å²) in [7, 11) is 3.46. The Bertz CT molecular complexity index is 760. The van der Waals surface area contributed by atoms with Gasteiger partial charge < -0.3 is 19.5 Å². The van der Waals surface area contributed by atoms with Gasteiger partial charge >= 0.3 is 0 Å². The van der Waals surface area contributed by atoms with Crippen LogP contribution in [0.4, 0.5) is 0 Å². The van der Waals surface area contributed by atoms with Gasteiger partial charge in [0.25, 0.3) is 0 Å². The second kappa shape index (κ2) is 7.96. The van der Waals surface area contributed by atoms with Gasteiger partial charge in [-0.3, -0.25) is 9.59 Å². The lowest BCUT2D eigenvalue weighted by Crippen LogP contribution is -2.38. The van der Waals surface area contributed by atoms with E-state index in [2.05, 4.69) is 14.7 Å². The highest BCUT2D eigenvalue weighted by atomic mass is 32.1. The van der Waals surface area contributed by atoms with Gasteiger partial charge in [0.15, 0.2) is 0 Å². The molecular weight excluding hydrogens is 354 g/mol. The van der Waals surface area contributed by atoms with Gasteiger partial charge in [-0.05, 0) is 18.5 Å².